The van der Waals surface area contributed by atoms with Gasteiger partial charge in [0.05, 0.1) is 12.2 Å². The van der Waals surface area contributed by atoms with E-state index in [1.54, 1.807) is 0 Å². The van der Waals surface area contributed by atoms with Gasteiger partial charge >= 0.3 is 0 Å². The van der Waals surface area contributed by atoms with Crippen molar-refractivity contribution in [2.24, 2.45) is 4.99 Å². The van der Waals surface area contributed by atoms with Gasteiger partial charge in [0.15, 0.2) is 5.96 Å². The Kier molecular flexibility index (Phi) is 8.07. The highest BCUT2D eigenvalue weighted by Crippen LogP contribution is 2.19. The van der Waals surface area contributed by atoms with E-state index < -0.39 is 0 Å². The van der Waals surface area contributed by atoms with E-state index in [0.717, 1.165) is 69.7 Å². The number of anilines is 1. The van der Waals surface area contributed by atoms with Crippen LogP contribution < -0.4 is 15.5 Å². The maximum Gasteiger partial charge on any atom is 0.191 e. The molecule has 2 aromatic rings. The summed E-state index contributed by atoms with van der Waals surface area (Å²) in [6, 6.07) is 6.25. The summed E-state index contributed by atoms with van der Waals surface area (Å²) in [5, 5.41) is 11.3. The average Bonchev–Trinajstić information content (AvgIpc) is 3.07. The Morgan fingerprint density at radius 3 is 2.67 bits per heavy atom. The number of guanidine groups is 1. The number of hydrogen-bond donors (Lipinski definition) is 2. The van der Waals surface area contributed by atoms with Crippen molar-refractivity contribution in [3.05, 3.63) is 41.3 Å². The number of piperazine rings is 1. The molecular weight excluding hydrogens is 376 g/mol. The molecule has 0 radical (unpaired) electrons. The molecule has 0 aliphatic carbocycles. The fraction of sp³-hybridized carbons (Fsp3) is 0.591. The molecule has 164 valence electrons. The Morgan fingerprint density at radius 1 is 1.17 bits per heavy atom. The van der Waals surface area contributed by atoms with Crippen molar-refractivity contribution >= 4 is 11.8 Å². The van der Waals surface area contributed by atoms with Crippen LogP contribution >= 0.6 is 0 Å². The van der Waals surface area contributed by atoms with Crippen molar-refractivity contribution in [1.29, 1.82) is 0 Å². The molecule has 2 aromatic heterocycles. The number of likely N-dealkylation sites (N-methyl/N-ethyl adjacent to an activating group) is 1. The Bertz CT molecular complexity index is 820. The van der Waals surface area contributed by atoms with Gasteiger partial charge < -0.3 is 20.4 Å². The standard InChI is InChI=1S/C22H36N8/c1-5-23-22(25-10-7-11-30-19(3)16-18(2)27-30)26-17-20-8-6-9-24-21(20)29-14-12-28(4)13-15-29/h6,8-9,16H,5,7,10-15,17H2,1-4H3,(H2,23,25,26). The molecule has 0 atom stereocenters. The van der Waals surface area contributed by atoms with E-state index in [4.69, 9.17) is 4.99 Å². The van der Waals surface area contributed by atoms with Gasteiger partial charge in [0.1, 0.15) is 5.82 Å². The third-order valence-electron chi connectivity index (χ3n) is 5.36. The molecular formula is C22H36N8. The van der Waals surface area contributed by atoms with Crippen LogP contribution in [0.25, 0.3) is 0 Å². The summed E-state index contributed by atoms with van der Waals surface area (Å²) in [4.78, 5) is 14.2. The summed E-state index contributed by atoms with van der Waals surface area (Å²) in [6.07, 6.45) is 2.87. The predicted octanol–water partition coefficient (Wildman–Crippen LogP) is 1.79. The normalized spacial score (nSPS) is 15.5. The Morgan fingerprint density at radius 2 is 1.97 bits per heavy atom. The van der Waals surface area contributed by atoms with E-state index in [2.05, 4.69) is 68.2 Å². The summed E-state index contributed by atoms with van der Waals surface area (Å²) in [5.41, 5.74) is 3.45. The topological polar surface area (TPSA) is 73.6 Å². The second-order valence-electron chi connectivity index (χ2n) is 7.90. The van der Waals surface area contributed by atoms with Crippen molar-refractivity contribution < 1.29 is 0 Å². The van der Waals surface area contributed by atoms with Crippen molar-refractivity contribution in [2.45, 2.75) is 40.3 Å². The van der Waals surface area contributed by atoms with Gasteiger partial charge in [-0.3, -0.25) is 4.68 Å². The van der Waals surface area contributed by atoms with Crippen LogP contribution in [0.2, 0.25) is 0 Å². The summed E-state index contributed by atoms with van der Waals surface area (Å²) in [5.74, 6) is 1.91. The second kappa shape index (κ2) is 11.0. The largest absolute Gasteiger partial charge is 0.357 e. The Labute approximate surface area is 180 Å². The van der Waals surface area contributed by atoms with Crippen molar-refractivity contribution in [3.8, 4) is 0 Å². The number of pyridine rings is 1. The number of aryl methyl sites for hydroxylation is 3. The maximum atomic E-state index is 4.82. The van der Waals surface area contributed by atoms with E-state index in [9.17, 15) is 0 Å². The Balaban J connectivity index is 1.56. The van der Waals surface area contributed by atoms with Crippen LogP contribution in [0, 0.1) is 13.8 Å². The molecule has 0 saturated carbocycles. The zero-order valence-electron chi connectivity index (χ0n) is 18.9. The summed E-state index contributed by atoms with van der Waals surface area (Å²) in [6.45, 7) is 13.6. The average molecular weight is 413 g/mol. The second-order valence-corrected chi connectivity index (χ2v) is 7.90. The van der Waals surface area contributed by atoms with Crippen LogP contribution in [0.3, 0.4) is 0 Å². The van der Waals surface area contributed by atoms with E-state index in [-0.39, 0.29) is 0 Å². The van der Waals surface area contributed by atoms with Crippen LogP contribution in [0.15, 0.2) is 29.4 Å². The monoisotopic (exact) mass is 412 g/mol. The Hall–Kier alpha value is -2.61. The highest BCUT2D eigenvalue weighted by molar-refractivity contribution is 5.79. The van der Waals surface area contributed by atoms with Crippen LogP contribution in [0.5, 0.6) is 0 Å². The van der Waals surface area contributed by atoms with Crippen LogP contribution in [0.4, 0.5) is 5.82 Å². The molecule has 8 heteroatoms. The van der Waals surface area contributed by atoms with Gasteiger partial charge in [-0.05, 0) is 46.4 Å². The minimum absolute atomic E-state index is 0.613. The van der Waals surface area contributed by atoms with Crippen molar-refractivity contribution in [1.82, 2.24) is 30.3 Å². The first-order chi connectivity index (χ1) is 14.6. The van der Waals surface area contributed by atoms with E-state index in [1.165, 1.54) is 11.3 Å². The molecule has 0 aromatic carbocycles. The van der Waals surface area contributed by atoms with Crippen molar-refractivity contribution in [2.75, 3.05) is 51.2 Å². The number of nitrogens with zero attached hydrogens (tertiary/aromatic N) is 6. The zero-order chi connectivity index (χ0) is 21.3. The molecule has 3 heterocycles. The molecule has 1 aliphatic heterocycles. The molecule has 0 amide bonds. The summed E-state index contributed by atoms with van der Waals surface area (Å²) < 4.78 is 2.07. The summed E-state index contributed by atoms with van der Waals surface area (Å²) >= 11 is 0. The number of aromatic nitrogens is 3. The highest BCUT2D eigenvalue weighted by atomic mass is 15.3. The van der Waals surface area contributed by atoms with Crippen LogP contribution in [-0.2, 0) is 13.1 Å². The lowest BCUT2D eigenvalue weighted by Gasteiger charge is -2.34. The molecule has 1 aliphatic rings. The molecule has 1 fully saturated rings. The predicted molar refractivity (Wildman–Crippen MR) is 123 cm³/mol. The molecule has 2 N–H and O–H groups in total. The smallest absolute Gasteiger partial charge is 0.191 e. The molecule has 0 bridgehead atoms. The van der Waals surface area contributed by atoms with Gasteiger partial charge in [-0.25, -0.2) is 9.98 Å². The molecule has 0 unspecified atom stereocenters. The van der Waals surface area contributed by atoms with Crippen LogP contribution in [0.1, 0.15) is 30.3 Å². The van der Waals surface area contributed by atoms with Gasteiger partial charge in [-0.1, -0.05) is 6.07 Å². The minimum atomic E-state index is 0.613. The number of nitrogens with one attached hydrogen (secondary N) is 2. The number of aliphatic imine (C=N–C) groups is 1. The van der Waals surface area contributed by atoms with Gasteiger partial charge in [0.25, 0.3) is 0 Å². The fourth-order valence-corrected chi connectivity index (χ4v) is 3.70. The zero-order valence-corrected chi connectivity index (χ0v) is 18.9. The van der Waals surface area contributed by atoms with Crippen LogP contribution in [-0.4, -0.2) is 71.9 Å². The molecule has 0 spiro atoms. The maximum absolute atomic E-state index is 4.82. The molecule has 3 rings (SSSR count). The van der Waals surface area contributed by atoms with Gasteiger partial charge in [-0.15, -0.1) is 0 Å². The number of rotatable bonds is 8. The SMILES string of the molecule is CCNC(=NCc1cccnc1N1CCN(C)CC1)NCCCn1nc(C)cc1C. The first-order valence-electron chi connectivity index (χ1n) is 11.0. The molecule has 30 heavy (non-hydrogen) atoms. The third kappa shape index (κ3) is 6.19. The first-order valence-corrected chi connectivity index (χ1v) is 11.0. The van der Waals surface area contributed by atoms with Gasteiger partial charge in [-0.2, -0.15) is 5.10 Å². The van der Waals surface area contributed by atoms with E-state index in [1.807, 2.05) is 19.2 Å². The van der Waals surface area contributed by atoms with Gasteiger partial charge in [0.2, 0.25) is 0 Å². The van der Waals surface area contributed by atoms with Gasteiger partial charge in [0, 0.05) is 63.3 Å². The first kappa shape index (κ1) is 22.1. The van der Waals surface area contributed by atoms with Crippen molar-refractivity contribution in [3.63, 3.8) is 0 Å². The lowest BCUT2D eigenvalue weighted by atomic mass is 10.2. The molecule has 8 nitrogen and oxygen atoms in total. The quantitative estimate of drug-likeness (QED) is 0.391. The molecule has 1 saturated heterocycles. The lowest BCUT2D eigenvalue weighted by molar-refractivity contribution is 0.312. The summed E-state index contributed by atoms with van der Waals surface area (Å²) in [7, 11) is 2.17. The minimum Gasteiger partial charge on any atom is -0.357 e. The fourth-order valence-electron chi connectivity index (χ4n) is 3.70. The third-order valence-corrected chi connectivity index (χ3v) is 5.36. The van der Waals surface area contributed by atoms with E-state index >= 15 is 0 Å². The lowest BCUT2D eigenvalue weighted by Crippen LogP contribution is -2.45. The number of hydrogen-bond acceptors (Lipinski definition) is 5. The highest BCUT2D eigenvalue weighted by Gasteiger charge is 2.17. The van der Waals surface area contributed by atoms with E-state index in [0.29, 0.717) is 6.54 Å².